The van der Waals surface area contributed by atoms with Crippen LogP contribution in [0.3, 0.4) is 0 Å². The Morgan fingerprint density at radius 2 is 1.90 bits per heavy atom. The highest BCUT2D eigenvalue weighted by Gasteiger charge is 2.64. The molecule has 1 fully saturated rings. The van der Waals surface area contributed by atoms with E-state index >= 15 is 0 Å². The van der Waals surface area contributed by atoms with Crippen LogP contribution in [0.15, 0.2) is 12.1 Å². The molecule has 20 heavy (non-hydrogen) atoms. The number of nitrogen functional groups attached to an aromatic ring is 1. The van der Waals surface area contributed by atoms with E-state index in [1.165, 1.54) is 6.07 Å². The first-order valence-corrected chi connectivity index (χ1v) is 7.03. The standard InChI is InChI=1S/C15H21ClN2O2/c1-14(2)11(15(14,3)4)7-18-12-9(13(19)20)5-8(17)6-10(12)16/h5-6,11,18H,7,17H2,1-4H3,(H,19,20). The molecule has 1 saturated carbocycles. The summed E-state index contributed by atoms with van der Waals surface area (Å²) in [7, 11) is 0. The Balaban J connectivity index is 2.21. The Bertz CT molecular complexity index is 553. The van der Waals surface area contributed by atoms with Gasteiger partial charge in [-0.2, -0.15) is 0 Å². The normalized spacial score (nSPS) is 19.6. The van der Waals surface area contributed by atoms with Crippen LogP contribution in [0.5, 0.6) is 0 Å². The molecule has 110 valence electrons. The fourth-order valence-corrected chi connectivity index (χ4v) is 3.32. The minimum atomic E-state index is -1.03. The zero-order valence-corrected chi connectivity index (χ0v) is 13.0. The Kier molecular flexibility index (Phi) is 3.41. The molecule has 2 rings (SSSR count). The lowest BCUT2D eigenvalue weighted by molar-refractivity contribution is 0.0698. The van der Waals surface area contributed by atoms with Gasteiger partial charge in [-0.25, -0.2) is 4.79 Å². The van der Waals surface area contributed by atoms with Gasteiger partial charge in [0.05, 0.1) is 16.3 Å². The van der Waals surface area contributed by atoms with Crippen molar-refractivity contribution in [3.05, 3.63) is 22.7 Å². The predicted octanol–water partition coefficient (Wildman–Crippen LogP) is 3.71. The highest BCUT2D eigenvalue weighted by molar-refractivity contribution is 6.34. The molecule has 0 aromatic heterocycles. The second kappa shape index (κ2) is 4.55. The molecule has 4 N–H and O–H groups in total. The van der Waals surface area contributed by atoms with Gasteiger partial charge in [0.2, 0.25) is 0 Å². The van der Waals surface area contributed by atoms with Crippen LogP contribution in [0.25, 0.3) is 0 Å². The van der Waals surface area contributed by atoms with Crippen LogP contribution >= 0.6 is 11.6 Å². The third kappa shape index (κ3) is 2.22. The van der Waals surface area contributed by atoms with Crippen molar-refractivity contribution in [1.82, 2.24) is 0 Å². The molecule has 1 aromatic rings. The molecule has 1 aliphatic rings. The number of carbonyl (C=O) groups is 1. The lowest BCUT2D eigenvalue weighted by Crippen LogP contribution is -2.12. The smallest absolute Gasteiger partial charge is 0.337 e. The molecule has 0 saturated heterocycles. The number of carboxylic acid groups (broad SMARTS) is 1. The molecule has 5 heteroatoms. The molecule has 0 atom stereocenters. The van der Waals surface area contributed by atoms with Crippen molar-refractivity contribution in [2.24, 2.45) is 16.7 Å². The lowest BCUT2D eigenvalue weighted by atomic mass is 10.0. The fourth-order valence-electron chi connectivity index (χ4n) is 3.02. The number of hydrogen-bond acceptors (Lipinski definition) is 3. The van der Waals surface area contributed by atoms with Crippen LogP contribution in [0.1, 0.15) is 38.1 Å². The summed E-state index contributed by atoms with van der Waals surface area (Å²) in [6.45, 7) is 9.60. The van der Waals surface area contributed by atoms with Crippen molar-refractivity contribution >= 4 is 28.9 Å². The van der Waals surface area contributed by atoms with Crippen molar-refractivity contribution in [3.63, 3.8) is 0 Å². The van der Waals surface area contributed by atoms with Crippen LogP contribution in [0.2, 0.25) is 5.02 Å². The SMILES string of the molecule is CC1(C)C(CNc2c(Cl)cc(N)cc2C(=O)O)C1(C)C. The minimum Gasteiger partial charge on any atom is -0.478 e. The number of aromatic carboxylic acids is 1. The van der Waals surface area contributed by atoms with E-state index in [1.807, 2.05) is 0 Å². The third-order valence-electron chi connectivity index (χ3n) is 5.15. The van der Waals surface area contributed by atoms with Gasteiger partial charge < -0.3 is 16.2 Å². The van der Waals surface area contributed by atoms with Crippen LogP contribution in [-0.2, 0) is 0 Å². The number of carboxylic acids is 1. The summed E-state index contributed by atoms with van der Waals surface area (Å²) in [6.07, 6.45) is 0. The summed E-state index contributed by atoms with van der Waals surface area (Å²) >= 11 is 6.12. The van der Waals surface area contributed by atoms with E-state index < -0.39 is 5.97 Å². The van der Waals surface area contributed by atoms with Gasteiger partial charge in [0.25, 0.3) is 0 Å². The maximum absolute atomic E-state index is 11.3. The van der Waals surface area contributed by atoms with E-state index in [-0.39, 0.29) is 16.4 Å². The molecule has 0 unspecified atom stereocenters. The van der Waals surface area contributed by atoms with Gasteiger partial charge in [-0.15, -0.1) is 0 Å². The molecule has 0 bridgehead atoms. The van der Waals surface area contributed by atoms with E-state index in [1.54, 1.807) is 6.07 Å². The molecule has 0 amide bonds. The van der Waals surface area contributed by atoms with Gasteiger partial charge in [0.15, 0.2) is 0 Å². The van der Waals surface area contributed by atoms with Gasteiger partial charge in [0, 0.05) is 12.2 Å². The molecule has 4 nitrogen and oxygen atoms in total. The Morgan fingerprint density at radius 3 is 2.35 bits per heavy atom. The average Bonchev–Trinajstić information content (AvgIpc) is 2.68. The molecular weight excluding hydrogens is 276 g/mol. The summed E-state index contributed by atoms with van der Waals surface area (Å²) < 4.78 is 0. The highest BCUT2D eigenvalue weighted by Crippen LogP contribution is 2.68. The van der Waals surface area contributed by atoms with Gasteiger partial charge in [-0.05, 0) is 28.9 Å². The van der Waals surface area contributed by atoms with E-state index in [9.17, 15) is 9.90 Å². The van der Waals surface area contributed by atoms with Crippen molar-refractivity contribution in [2.45, 2.75) is 27.7 Å². The van der Waals surface area contributed by atoms with Gasteiger partial charge >= 0.3 is 5.97 Å². The summed E-state index contributed by atoms with van der Waals surface area (Å²) in [5, 5.41) is 12.8. The third-order valence-corrected chi connectivity index (χ3v) is 5.44. The van der Waals surface area contributed by atoms with Gasteiger partial charge in [0.1, 0.15) is 0 Å². The van der Waals surface area contributed by atoms with Crippen molar-refractivity contribution in [3.8, 4) is 0 Å². The molecule has 1 aliphatic carbocycles. The maximum Gasteiger partial charge on any atom is 0.337 e. The van der Waals surface area contributed by atoms with Crippen molar-refractivity contribution in [2.75, 3.05) is 17.6 Å². The molecule has 0 radical (unpaired) electrons. The van der Waals surface area contributed by atoms with Gasteiger partial charge in [-0.1, -0.05) is 39.3 Å². The predicted molar refractivity (Wildman–Crippen MR) is 82.4 cm³/mol. The average molecular weight is 297 g/mol. The first kappa shape index (κ1) is 15.0. The quantitative estimate of drug-likeness (QED) is 0.740. The van der Waals surface area contributed by atoms with Crippen LogP contribution in [0, 0.1) is 16.7 Å². The summed E-state index contributed by atoms with van der Waals surface area (Å²) in [6, 6.07) is 3.00. The number of anilines is 2. The Hall–Kier alpha value is -1.42. The first-order valence-electron chi connectivity index (χ1n) is 6.65. The van der Waals surface area contributed by atoms with Crippen LogP contribution in [-0.4, -0.2) is 17.6 Å². The van der Waals surface area contributed by atoms with Crippen molar-refractivity contribution < 1.29 is 9.90 Å². The van der Waals surface area contributed by atoms with E-state index in [4.69, 9.17) is 17.3 Å². The van der Waals surface area contributed by atoms with E-state index in [0.29, 0.717) is 28.9 Å². The topological polar surface area (TPSA) is 75.3 Å². The van der Waals surface area contributed by atoms with Gasteiger partial charge in [-0.3, -0.25) is 0 Å². The second-order valence-corrected chi connectivity index (χ2v) is 7.01. The monoisotopic (exact) mass is 296 g/mol. The zero-order valence-electron chi connectivity index (χ0n) is 12.2. The molecule has 0 aliphatic heterocycles. The molecule has 0 spiro atoms. The largest absolute Gasteiger partial charge is 0.478 e. The van der Waals surface area contributed by atoms with Crippen LogP contribution < -0.4 is 11.1 Å². The fraction of sp³-hybridized carbons (Fsp3) is 0.533. The molecule has 1 aromatic carbocycles. The summed E-state index contributed by atoms with van der Waals surface area (Å²) in [4.78, 5) is 11.3. The number of benzene rings is 1. The molecule has 0 heterocycles. The minimum absolute atomic E-state index is 0.117. The number of nitrogens with two attached hydrogens (primary N) is 1. The van der Waals surface area contributed by atoms with Crippen LogP contribution in [0.4, 0.5) is 11.4 Å². The highest BCUT2D eigenvalue weighted by atomic mass is 35.5. The summed E-state index contributed by atoms with van der Waals surface area (Å²) in [5.41, 5.74) is 7.04. The lowest BCUT2D eigenvalue weighted by Gasteiger charge is -2.13. The summed E-state index contributed by atoms with van der Waals surface area (Å²) in [5.74, 6) is -0.554. The second-order valence-electron chi connectivity index (χ2n) is 6.61. The number of hydrogen-bond donors (Lipinski definition) is 3. The Morgan fingerprint density at radius 1 is 1.35 bits per heavy atom. The van der Waals surface area contributed by atoms with E-state index in [0.717, 1.165) is 0 Å². The molecular formula is C15H21ClN2O2. The maximum atomic E-state index is 11.3. The first-order chi connectivity index (χ1) is 9.09. The zero-order chi connectivity index (χ0) is 15.3. The van der Waals surface area contributed by atoms with E-state index in [2.05, 4.69) is 33.0 Å². The number of nitrogens with one attached hydrogen (secondary N) is 1. The van der Waals surface area contributed by atoms with Crippen molar-refractivity contribution in [1.29, 1.82) is 0 Å². The number of rotatable bonds is 4. The number of halogens is 1. The Labute approximate surface area is 124 Å².